The van der Waals surface area contributed by atoms with Crippen molar-refractivity contribution >= 4 is 23.1 Å². The third-order valence-electron chi connectivity index (χ3n) is 2.50. The number of methoxy groups -OCH3 is 1. The molecule has 1 unspecified atom stereocenters. The zero-order valence-corrected chi connectivity index (χ0v) is 11.2. The predicted molar refractivity (Wildman–Crippen MR) is 73.6 cm³/mol. The lowest BCUT2D eigenvalue weighted by molar-refractivity contribution is 0.0695. The van der Waals surface area contributed by atoms with Gasteiger partial charge in [-0.3, -0.25) is 5.41 Å². The van der Waals surface area contributed by atoms with E-state index in [1.54, 1.807) is 18.2 Å². The first-order valence-corrected chi connectivity index (χ1v) is 5.85. The van der Waals surface area contributed by atoms with Crippen LogP contribution in [0.25, 0.3) is 0 Å². The summed E-state index contributed by atoms with van der Waals surface area (Å²) in [5, 5.41) is 17.7. The summed E-state index contributed by atoms with van der Waals surface area (Å²) in [6.45, 7) is 0.642. The molecule has 0 aromatic heterocycles. The number of rotatable bonds is 6. The lowest BCUT2D eigenvalue weighted by Crippen LogP contribution is -2.33. The van der Waals surface area contributed by atoms with E-state index in [1.165, 1.54) is 7.11 Å². The normalized spacial score (nSPS) is 12.2. The highest BCUT2D eigenvalue weighted by Gasteiger charge is 2.13. The molecular weight excluding hydrogens is 254 g/mol. The number of hydrogen-bond donors (Lipinski definition) is 3. The number of likely N-dealkylation sites (N-methyl/N-ethyl adjacent to an activating group) is 1. The molecule has 0 aliphatic heterocycles. The molecule has 0 saturated heterocycles. The van der Waals surface area contributed by atoms with Crippen molar-refractivity contribution in [3.8, 4) is 0 Å². The van der Waals surface area contributed by atoms with Crippen LogP contribution in [0.5, 0.6) is 0 Å². The highest BCUT2D eigenvalue weighted by atomic mass is 35.5. The predicted octanol–water partition coefficient (Wildman–Crippen LogP) is 1.07. The third-order valence-corrected chi connectivity index (χ3v) is 2.74. The maximum absolute atomic E-state index is 9.69. The second-order valence-corrected chi connectivity index (χ2v) is 4.50. The third kappa shape index (κ3) is 3.87. The van der Waals surface area contributed by atoms with Gasteiger partial charge in [-0.1, -0.05) is 11.6 Å². The van der Waals surface area contributed by atoms with Gasteiger partial charge in [-0.15, -0.1) is 0 Å². The number of anilines is 1. The van der Waals surface area contributed by atoms with Crippen LogP contribution >= 0.6 is 11.6 Å². The molecule has 0 aliphatic rings. The van der Waals surface area contributed by atoms with Crippen molar-refractivity contribution in [3.63, 3.8) is 0 Å². The minimum atomic E-state index is -0.601. The number of nitrogens with one attached hydrogen (secondary N) is 1. The van der Waals surface area contributed by atoms with E-state index in [9.17, 15) is 5.11 Å². The number of benzene rings is 1. The molecule has 0 heterocycles. The molecule has 0 spiro atoms. The Balaban J connectivity index is 2.91. The number of nitrogens with two attached hydrogens (primary N) is 1. The molecule has 1 aromatic rings. The van der Waals surface area contributed by atoms with Gasteiger partial charge in [0.1, 0.15) is 5.84 Å². The zero-order valence-electron chi connectivity index (χ0n) is 10.5. The Morgan fingerprint density at radius 3 is 2.83 bits per heavy atom. The van der Waals surface area contributed by atoms with Crippen molar-refractivity contribution in [1.29, 1.82) is 5.41 Å². The molecule has 6 heteroatoms. The number of aliphatic hydroxyl groups excluding tert-OH is 1. The summed E-state index contributed by atoms with van der Waals surface area (Å²) < 4.78 is 4.87. The van der Waals surface area contributed by atoms with Crippen LogP contribution in [-0.2, 0) is 4.74 Å². The summed E-state index contributed by atoms with van der Waals surface area (Å²) in [5.41, 5.74) is 6.82. The van der Waals surface area contributed by atoms with E-state index >= 15 is 0 Å². The second-order valence-electron chi connectivity index (χ2n) is 4.06. The van der Waals surface area contributed by atoms with Gasteiger partial charge < -0.3 is 20.5 Å². The van der Waals surface area contributed by atoms with Crippen LogP contribution in [0.3, 0.4) is 0 Å². The lowest BCUT2D eigenvalue weighted by Gasteiger charge is -2.24. The average Bonchev–Trinajstić information content (AvgIpc) is 2.28. The summed E-state index contributed by atoms with van der Waals surface area (Å²) in [6, 6.07) is 5.14. The maximum Gasteiger partial charge on any atom is 0.124 e. The molecule has 1 aromatic carbocycles. The van der Waals surface area contributed by atoms with Crippen LogP contribution in [0.15, 0.2) is 18.2 Å². The van der Waals surface area contributed by atoms with Crippen LogP contribution in [-0.4, -0.2) is 44.4 Å². The maximum atomic E-state index is 9.69. The van der Waals surface area contributed by atoms with Crippen LogP contribution in [0, 0.1) is 5.41 Å². The summed E-state index contributed by atoms with van der Waals surface area (Å²) >= 11 is 5.88. The fourth-order valence-electron chi connectivity index (χ4n) is 1.72. The topological polar surface area (TPSA) is 82.6 Å². The standard InChI is InChI=1S/C12H18ClN3O2/c1-16(6-9(17)7-18-2)11-4-3-8(13)5-10(11)12(14)15/h3-5,9,17H,6-7H2,1-2H3,(H3,14,15). The first kappa shape index (κ1) is 14.8. The molecule has 5 nitrogen and oxygen atoms in total. The van der Waals surface area contributed by atoms with Gasteiger partial charge in [-0.05, 0) is 18.2 Å². The molecule has 0 bridgehead atoms. The number of nitrogen functional groups attached to an aromatic ring is 1. The van der Waals surface area contributed by atoms with Gasteiger partial charge in [0.25, 0.3) is 0 Å². The Hall–Kier alpha value is -1.30. The van der Waals surface area contributed by atoms with Crippen LogP contribution < -0.4 is 10.6 Å². The zero-order chi connectivity index (χ0) is 13.7. The van der Waals surface area contributed by atoms with Gasteiger partial charge in [-0.2, -0.15) is 0 Å². The van der Waals surface area contributed by atoms with Crippen molar-refractivity contribution in [1.82, 2.24) is 0 Å². The molecule has 1 rings (SSSR count). The molecule has 4 N–H and O–H groups in total. The molecule has 18 heavy (non-hydrogen) atoms. The van der Waals surface area contributed by atoms with Gasteiger partial charge in [-0.25, -0.2) is 0 Å². The number of nitrogens with zero attached hydrogens (tertiary/aromatic N) is 1. The largest absolute Gasteiger partial charge is 0.389 e. The Morgan fingerprint density at radius 1 is 1.61 bits per heavy atom. The first-order chi connectivity index (χ1) is 8.45. The number of ether oxygens (including phenoxy) is 1. The number of amidine groups is 1. The van der Waals surface area contributed by atoms with E-state index in [2.05, 4.69) is 0 Å². The monoisotopic (exact) mass is 271 g/mol. The van der Waals surface area contributed by atoms with Gasteiger partial charge in [0.2, 0.25) is 0 Å². The molecule has 0 saturated carbocycles. The molecular formula is C12H18ClN3O2. The number of hydrogen-bond acceptors (Lipinski definition) is 4. The minimum absolute atomic E-state index is 0.0550. The smallest absolute Gasteiger partial charge is 0.124 e. The Labute approximate surface area is 112 Å². The molecule has 100 valence electrons. The molecule has 1 atom stereocenters. The van der Waals surface area contributed by atoms with Crippen molar-refractivity contribution in [2.75, 3.05) is 32.2 Å². The second kappa shape index (κ2) is 6.58. The summed E-state index contributed by atoms with van der Waals surface area (Å²) in [7, 11) is 3.35. The molecule has 0 amide bonds. The Kier molecular flexibility index (Phi) is 5.40. The molecule has 0 radical (unpaired) electrons. The van der Waals surface area contributed by atoms with Crippen molar-refractivity contribution in [3.05, 3.63) is 28.8 Å². The summed E-state index contributed by atoms with van der Waals surface area (Å²) in [4.78, 5) is 1.82. The van der Waals surface area contributed by atoms with E-state index in [-0.39, 0.29) is 12.4 Å². The van der Waals surface area contributed by atoms with E-state index in [0.717, 1.165) is 5.69 Å². The fourth-order valence-corrected chi connectivity index (χ4v) is 1.89. The van der Waals surface area contributed by atoms with Crippen LogP contribution in [0.1, 0.15) is 5.56 Å². The quantitative estimate of drug-likeness (QED) is 0.534. The van der Waals surface area contributed by atoms with Gasteiger partial charge in [0, 0.05) is 37.0 Å². The van der Waals surface area contributed by atoms with E-state index in [0.29, 0.717) is 17.1 Å². The van der Waals surface area contributed by atoms with E-state index in [1.807, 2.05) is 11.9 Å². The fraction of sp³-hybridized carbons (Fsp3) is 0.417. The van der Waals surface area contributed by atoms with Crippen molar-refractivity contribution in [2.24, 2.45) is 5.73 Å². The van der Waals surface area contributed by atoms with E-state index in [4.69, 9.17) is 27.5 Å². The highest BCUT2D eigenvalue weighted by molar-refractivity contribution is 6.31. The Morgan fingerprint density at radius 2 is 2.28 bits per heavy atom. The van der Waals surface area contributed by atoms with Crippen LogP contribution in [0.2, 0.25) is 5.02 Å². The molecule has 0 fully saturated rings. The lowest BCUT2D eigenvalue weighted by atomic mass is 10.1. The molecule has 0 aliphatic carbocycles. The number of aliphatic hydroxyl groups is 1. The van der Waals surface area contributed by atoms with Gasteiger partial charge in [0.15, 0.2) is 0 Å². The average molecular weight is 272 g/mol. The SMILES string of the molecule is COCC(O)CN(C)c1ccc(Cl)cc1C(=N)N. The number of halogens is 1. The summed E-state index contributed by atoms with van der Waals surface area (Å²) in [6.07, 6.45) is -0.601. The van der Waals surface area contributed by atoms with Crippen molar-refractivity contribution in [2.45, 2.75) is 6.10 Å². The van der Waals surface area contributed by atoms with Gasteiger partial charge >= 0.3 is 0 Å². The summed E-state index contributed by atoms with van der Waals surface area (Å²) in [5.74, 6) is -0.0550. The Bertz CT molecular complexity index is 426. The first-order valence-electron chi connectivity index (χ1n) is 5.47. The van der Waals surface area contributed by atoms with Crippen LogP contribution in [0.4, 0.5) is 5.69 Å². The minimum Gasteiger partial charge on any atom is -0.389 e. The van der Waals surface area contributed by atoms with Gasteiger partial charge in [0.05, 0.1) is 12.7 Å². The van der Waals surface area contributed by atoms with E-state index < -0.39 is 6.10 Å². The highest BCUT2D eigenvalue weighted by Crippen LogP contribution is 2.23. The van der Waals surface area contributed by atoms with Crippen molar-refractivity contribution < 1.29 is 9.84 Å².